The first kappa shape index (κ1) is 34.8. The molecular formula is C26H57IN2O2S. The number of rotatable bonds is 24. The van der Waals surface area contributed by atoms with Gasteiger partial charge < -0.3 is 9.21 Å². The summed E-state index contributed by atoms with van der Waals surface area (Å²) in [6.45, 7) is 7.04. The summed E-state index contributed by atoms with van der Waals surface area (Å²) in [6.07, 6.45) is 22.9. The number of hydrogen-bond donors (Lipinski definition) is 0. The molecule has 0 aromatic carbocycles. The Labute approximate surface area is 219 Å². The summed E-state index contributed by atoms with van der Waals surface area (Å²) in [6, 6.07) is 0. The van der Waals surface area contributed by atoms with Gasteiger partial charge in [0.05, 0.1) is 37.2 Å². The molecule has 0 fully saturated rings. The maximum absolute atomic E-state index is 12.1. The molecule has 0 aliphatic carbocycles. The number of hydrogen-bond acceptors (Lipinski definition) is 2. The zero-order valence-electron chi connectivity index (χ0n) is 22.1. The molecule has 0 aromatic heterocycles. The van der Waals surface area contributed by atoms with Crippen LogP contribution in [0.1, 0.15) is 129 Å². The maximum atomic E-state index is 12.1. The van der Waals surface area contributed by atoms with E-state index in [0.717, 1.165) is 49.7 Å². The Kier molecular flexibility index (Phi) is 25.4. The third-order valence-corrected chi connectivity index (χ3v) is 7.67. The largest absolute Gasteiger partial charge is 0.549 e. The van der Waals surface area contributed by atoms with E-state index in [4.69, 9.17) is 0 Å². The molecule has 0 radical (unpaired) electrons. The van der Waals surface area contributed by atoms with Crippen LogP contribution in [0.2, 0.25) is 0 Å². The highest BCUT2D eigenvalue weighted by molar-refractivity contribution is 14.0. The van der Waals surface area contributed by atoms with Crippen LogP contribution < -0.4 is 0 Å². The molecule has 6 heteroatoms. The van der Waals surface area contributed by atoms with Crippen molar-refractivity contribution in [2.75, 3.05) is 39.5 Å². The third kappa shape index (κ3) is 25.2. The lowest BCUT2D eigenvalue weighted by Crippen LogP contribution is -2.41. The molecule has 0 saturated heterocycles. The van der Waals surface area contributed by atoms with Crippen molar-refractivity contribution < 1.29 is 12.9 Å². The van der Waals surface area contributed by atoms with Crippen molar-refractivity contribution in [3.05, 3.63) is 4.72 Å². The standard InChI is InChI=1S/C26H56N2O2S.HI/c1-5-7-8-9-10-11-12-13-14-15-16-17-18-19-20-21-26-31(29,30)27-23-22-25-28(3,4)24-6-2;/h5-26H2,1-4H3;1H. The molecule has 0 unspecified atom stereocenters. The van der Waals surface area contributed by atoms with Crippen molar-refractivity contribution in [1.82, 2.24) is 0 Å². The number of sulfonamides is 1. The van der Waals surface area contributed by atoms with Gasteiger partial charge in [-0.3, -0.25) is 0 Å². The van der Waals surface area contributed by atoms with Gasteiger partial charge in [0.2, 0.25) is 0 Å². The van der Waals surface area contributed by atoms with Gasteiger partial charge >= 0.3 is 0 Å². The zero-order chi connectivity index (χ0) is 23.3. The molecule has 0 amide bonds. The first-order valence-electron chi connectivity index (χ1n) is 13.6. The second-order valence-corrected chi connectivity index (χ2v) is 12.0. The molecule has 0 aromatic rings. The molecule has 0 heterocycles. The molecule has 0 bridgehead atoms. The van der Waals surface area contributed by atoms with E-state index in [1.807, 2.05) is 0 Å². The molecule has 196 valence electrons. The average Bonchev–Trinajstić information content (AvgIpc) is 2.71. The van der Waals surface area contributed by atoms with Gasteiger partial charge in [-0.15, -0.1) is 30.5 Å². The summed E-state index contributed by atoms with van der Waals surface area (Å²) in [5.41, 5.74) is 0. The van der Waals surface area contributed by atoms with Gasteiger partial charge in [-0.2, -0.15) is 0 Å². The van der Waals surface area contributed by atoms with E-state index >= 15 is 0 Å². The number of nitrogens with zero attached hydrogens (tertiary/aromatic N) is 2. The Hall–Kier alpha value is 0.600. The minimum atomic E-state index is -3.21. The smallest absolute Gasteiger partial charge is 0.0779 e. The van der Waals surface area contributed by atoms with E-state index in [-0.39, 0.29) is 29.7 Å². The predicted molar refractivity (Wildman–Crippen MR) is 154 cm³/mol. The predicted octanol–water partition coefficient (Wildman–Crippen LogP) is 8.45. The van der Waals surface area contributed by atoms with Crippen molar-refractivity contribution in [2.45, 2.75) is 129 Å². The average molecular weight is 589 g/mol. The fourth-order valence-electron chi connectivity index (χ4n) is 4.32. The normalized spacial score (nSPS) is 12.1. The number of quaternary nitrogens is 1. The van der Waals surface area contributed by atoms with Gasteiger partial charge in [0.25, 0.3) is 0 Å². The lowest BCUT2D eigenvalue weighted by molar-refractivity contribution is -0.890. The van der Waals surface area contributed by atoms with Crippen LogP contribution in [-0.4, -0.2) is 52.4 Å². The minimum absolute atomic E-state index is 0. The molecule has 0 atom stereocenters. The highest BCUT2D eigenvalue weighted by Crippen LogP contribution is 2.15. The van der Waals surface area contributed by atoms with Crippen molar-refractivity contribution in [2.24, 2.45) is 0 Å². The van der Waals surface area contributed by atoms with Crippen LogP contribution in [-0.2, 0) is 10.0 Å². The van der Waals surface area contributed by atoms with E-state index in [0.29, 0.717) is 6.54 Å². The summed E-state index contributed by atoms with van der Waals surface area (Å²) in [7, 11) is 1.19. The van der Waals surface area contributed by atoms with Crippen LogP contribution >= 0.6 is 24.0 Å². The summed E-state index contributed by atoms with van der Waals surface area (Å²) in [4.78, 5) is 0. The van der Waals surface area contributed by atoms with E-state index in [9.17, 15) is 8.42 Å². The van der Waals surface area contributed by atoms with E-state index in [2.05, 4.69) is 32.7 Å². The second kappa shape index (κ2) is 23.3. The number of halogens is 1. The highest BCUT2D eigenvalue weighted by atomic mass is 127. The van der Waals surface area contributed by atoms with Crippen LogP contribution in [0.25, 0.3) is 4.72 Å². The Morgan fingerprint density at radius 1 is 0.562 bits per heavy atom. The molecule has 0 rings (SSSR count). The first-order valence-corrected chi connectivity index (χ1v) is 15.2. The Morgan fingerprint density at radius 3 is 1.38 bits per heavy atom. The third-order valence-electron chi connectivity index (χ3n) is 6.29. The minimum Gasteiger partial charge on any atom is -0.549 e. The molecule has 0 aliphatic rings. The molecule has 0 spiro atoms. The topological polar surface area (TPSA) is 48.2 Å². The Bertz CT molecular complexity index is 484. The van der Waals surface area contributed by atoms with Crippen molar-refractivity contribution in [1.29, 1.82) is 0 Å². The molecule has 4 nitrogen and oxygen atoms in total. The first-order chi connectivity index (χ1) is 14.8. The maximum Gasteiger partial charge on any atom is 0.0779 e. The van der Waals surface area contributed by atoms with Crippen LogP contribution in [0.3, 0.4) is 0 Å². The van der Waals surface area contributed by atoms with Crippen molar-refractivity contribution >= 4 is 34.0 Å². The monoisotopic (exact) mass is 588 g/mol. The summed E-state index contributed by atoms with van der Waals surface area (Å²) in [5, 5.41) is 0. The molecule has 0 aliphatic heterocycles. The highest BCUT2D eigenvalue weighted by Gasteiger charge is 2.11. The van der Waals surface area contributed by atoms with E-state index < -0.39 is 10.0 Å². The van der Waals surface area contributed by atoms with E-state index in [1.54, 1.807) is 0 Å². The molecule has 0 N–H and O–H groups in total. The zero-order valence-corrected chi connectivity index (χ0v) is 25.2. The molecule has 0 saturated carbocycles. The van der Waals surface area contributed by atoms with Gasteiger partial charge in [0.15, 0.2) is 0 Å². The fraction of sp³-hybridized carbons (Fsp3) is 1.00. The molecular weight excluding hydrogens is 531 g/mol. The number of unbranched alkanes of at least 4 members (excludes halogenated alkanes) is 15. The van der Waals surface area contributed by atoms with Gasteiger partial charge in [0.1, 0.15) is 0 Å². The van der Waals surface area contributed by atoms with Gasteiger partial charge in [-0.05, 0) is 19.3 Å². The quantitative estimate of drug-likeness (QED) is 0.0645. The van der Waals surface area contributed by atoms with Crippen LogP contribution in [0.15, 0.2) is 0 Å². The van der Waals surface area contributed by atoms with Crippen molar-refractivity contribution in [3.63, 3.8) is 0 Å². The SMILES string of the molecule is CCCCCCCCCCCCCCCCCCS(=O)(=O)[N-]CCC[N+](C)(C)CCC.I. The Balaban J connectivity index is 0. The summed E-state index contributed by atoms with van der Waals surface area (Å²) >= 11 is 0. The lowest BCUT2D eigenvalue weighted by Gasteiger charge is -2.31. The molecule has 32 heavy (non-hydrogen) atoms. The second-order valence-electron chi connectivity index (χ2n) is 10.2. The fourth-order valence-corrected chi connectivity index (χ4v) is 5.42. The van der Waals surface area contributed by atoms with E-state index in [1.165, 1.54) is 83.5 Å². The Morgan fingerprint density at radius 2 is 0.969 bits per heavy atom. The van der Waals surface area contributed by atoms with Gasteiger partial charge in [-0.25, -0.2) is 8.42 Å². The van der Waals surface area contributed by atoms with Crippen LogP contribution in [0.5, 0.6) is 0 Å². The summed E-state index contributed by atoms with van der Waals surface area (Å²) in [5.74, 6) is 0.235. The van der Waals surface area contributed by atoms with Crippen LogP contribution in [0, 0.1) is 0 Å². The lowest BCUT2D eigenvalue weighted by atomic mass is 10.0. The summed E-state index contributed by atoms with van der Waals surface area (Å²) < 4.78 is 29.1. The van der Waals surface area contributed by atoms with Gasteiger partial charge in [0, 0.05) is 5.75 Å². The van der Waals surface area contributed by atoms with Crippen LogP contribution in [0.4, 0.5) is 0 Å². The van der Waals surface area contributed by atoms with Crippen molar-refractivity contribution in [3.8, 4) is 0 Å². The van der Waals surface area contributed by atoms with Gasteiger partial charge in [-0.1, -0.05) is 110 Å².